The number of benzene rings is 1. The third-order valence-corrected chi connectivity index (χ3v) is 3.07. The third kappa shape index (κ3) is 2.02. The molecule has 0 atom stereocenters. The highest BCUT2D eigenvalue weighted by atomic mass is 16.3. The van der Waals surface area contributed by atoms with Crippen LogP contribution in [-0.2, 0) is 0 Å². The smallest absolute Gasteiger partial charge is 0.251 e. The largest absolute Gasteiger partial charge is 0.399 e. The number of aliphatic hydroxyl groups is 1. The average Bonchev–Trinajstić information content (AvgIpc) is 3.02. The molecule has 0 aromatic heterocycles. The Kier molecular flexibility index (Phi) is 2.59. The van der Waals surface area contributed by atoms with Gasteiger partial charge in [-0.15, -0.1) is 0 Å². The van der Waals surface area contributed by atoms with E-state index >= 15 is 0 Å². The van der Waals surface area contributed by atoms with E-state index in [1.807, 2.05) is 6.92 Å². The highest BCUT2D eigenvalue weighted by molar-refractivity contribution is 5.95. The van der Waals surface area contributed by atoms with Crippen LogP contribution >= 0.6 is 0 Å². The topological polar surface area (TPSA) is 75.3 Å². The number of nitrogen functional groups attached to an aromatic ring is 1. The number of amides is 1. The molecule has 1 aliphatic carbocycles. The van der Waals surface area contributed by atoms with Crippen molar-refractivity contribution in [1.29, 1.82) is 0 Å². The molecule has 0 unspecified atom stereocenters. The molecule has 86 valence electrons. The summed E-state index contributed by atoms with van der Waals surface area (Å²) >= 11 is 0. The lowest BCUT2D eigenvalue weighted by Gasteiger charge is -2.14. The molecule has 1 aliphatic rings. The van der Waals surface area contributed by atoms with Gasteiger partial charge in [-0.25, -0.2) is 0 Å². The fourth-order valence-corrected chi connectivity index (χ4v) is 1.60. The van der Waals surface area contributed by atoms with Crippen LogP contribution < -0.4 is 11.1 Å². The minimum Gasteiger partial charge on any atom is -0.399 e. The second kappa shape index (κ2) is 3.79. The molecule has 0 bridgehead atoms. The molecule has 4 N–H and O–H groups in total. The summed E-state index contributed by atoms with van der Waals surface area (Å²) in [6.07, 6.45) is 1.70. The monoisotopic (exact) mass is 220 g/mol. The van der Waals surface area contributed by atoms with Crippen LogP contribution in [0.25, 0.3) is 0 Å². The van der Waals surface area contributed by atoms with E-state index in [2.05, 4.69) is 5.32 Å². The van der Waals surface area contributed by atoms with E-state index in [0.29, 0.717) is 11.3 Å². The maximum atomic E-state index is 11.9. The molecule has 4 heteroatoms. The lowest BCUT2D eigenvalue weighted by atomic mass is 10.1. The molecule has 0 radical (unpaired) electrons. The van der Waals surface area contributed by atoms with Crippen LogP contribution in [0.15, 0.2) is 18.2 Å². The summed E-state index contributed by atoms with van der Waals surface area (Å²) in [7, 11) is 0. The second-order valence-electron chi connectivity index (χ2n) is 4.46. The van der Waals surface area contributed by atoms with Gasteiger partial charge >= 0.3 is 0 Å². The van der Waals surface area contributed by atoms with Crippen molar-refractivity contribution in [2.24, 2.45) is 0 Å². The number of aliphatic hydroxyl groups excluding tert-OH is 1. The van der Waals surface area contributed by atoms with Crippen LogP contribution in [0.1, 0.15) is 28.8 Å². The van der Waals surface area contributed by atoms with E-state index < -0.39 is 0 Å². The highest BCUT2D eigenvalue weighted by Gasteiger charge is 2.43. The van der Waals surface area contributed by atoms with Crippen LogP contribution in [0.2, 0.25) is 0 Å². The zero-order valence-electron chi connectivity index (χ0n) is 9.29. The average molecular weight is 220 g/mol. The predicted octanol–water partition coefficient (Wildman–Crippen LogP) is 0.832. The maximum absolute atomic E-state index is 11.9. The van der Waals surface area contributed by atoms with E-state index in [4.69, 9.17) is 10.8 Å². The molecule has 1 aromatic carbocycles. The van der Waals surface area contributed by atoms with Gasteiger partial charge in [-0.2, -0.15) is 0 Å². The summed E-state index contributed by atoms with van der Waals surface area (Å²) in [4.78, 5) is 11.9. The molecule has 16 heavy (non-hydrogen) atoms. The van der Waals surface area contributed by atoms with Crippen LogP contribution in [0.5, 0.6) is 0 Å². The fraction of sp³-hybridized carbons (Fsp3) is 0.417. The minimum atomic E-state index is -0.369. The van der Waals surface area contributed by atoms with Gasteiger partial charge < -0.3 is 16.2 Å². The molecular weight excluding hydrogens is 204 g/mol. The van der Waals surface area contributed by atoms with E-state index in [0.717, 1.165) is 18.4 Å². The maximum Gasteiger partial charge on any atom is 0.251 e. The Balaban J connectivity index is 2.12. The Bertz CT molecular complexity index is 425. The Labute approximate surface area is 94.5 Å². The third-order valence-electron chi connectivity index (χ3n) is 3.07. The van der Waals surface area contributed by atoms with Crippen molar-refractivity contribution in [1.82, 2.24) is 5.32 Å². The van der Waals surface area contributed by atoms with Crippen LogP contribution in [-0.4, -0.2) is 23.2 Å². The number of carbonyl (C=O) groups is 1. The zero-order chi connectivity index (χ0) is 11.8. The molecule has 0 saturated heterocycles. The quantitative estimate of drug-likeness (QED) is 0.660. The Morgan fingerprint density at radius 1 is 1.56 bits per heavy atom. The first-order valence-corrected chi connectivity index (χ1v) is 5.36. The first-order chi connectivity index (χ1) is 7.56. The molecule has 1 fully saturated rings. The highest BCUT2D eigenvalue weighted by Crippen LogP contribution is 2.34. The van der Waals surface area contributed by atoms with Gasteiger partial charge in [0, 0.05) is 11.3 Å². The van der Waals surface area contributed by atoms with Crippen molar-refractivity contribution < 1.29 is 9.90 Å². The van der Waals surface area contributed by atoms with Gasteiger partial charge in [0.25, 0.3) is 5.91 Å². The molecule has 2 rings (SSSR count). The van der Waals surface area contributed by atoms with Crippen molar-refractivity contribution in [2.75, 3.05) is 12.3 Å². The normalized spacial score (nSPS) is 16.9. The van der Waals surface area contributed by atoms with E-state index in [9.17, 15) is 4.79 Å². The molecule has 0 heterocycles. The number of nitrogens with two attached hydrogens (primary N) is 1. The fourth-order valence-electron chi connectivity index (χ4n) is 1.60. The second-order valence-corrected chi connectivity index (χ2v) is 4.46. The van der Waals surface area contributed by atoms with Crippen molar-refractivity contribution >= 4 is 11.6 Å². The van der Waals surface area contributed by atoms with Crippen LogP contribution in [0.4, 0.5) is 5.69 Å². The first kappa shape index (κ1) is 11.0. The number of aryl methyl sites for hydroxylation is 1. The summed E-state index contributed by atoms with van der Waals surface area (Å²) in [6, 6.07) is 5.19. The Morgan fingerprint density at radius 3 is 2.75 bits per heavy atom. The van der Waals surface area contributed by atoms with Gasteiger partial charge in [0.1, 0.15) is 0 Å². The van der Waals surface area contributed by atoms with E-state index in [1.54, 1.807) is 18.2 Å². The van der Waals surface area contributed by atoms with Crippen molar-refractivity contribution in [3.8, 4) is 0 Å². The molecule has 0 spiro atoms. The number of hydrogen-bond donors (Lipinski definition) is 3. The van der Waals surface area contributed by atoms with Gasteiger partial charge in [-0.3, -0.25) is 4.79 Å². The minimum absolute atomic E-state index is 0.00664. The predicted molar refractivity (Wildman–Crippen MR) is 62.1 cm³/mol. The summed E-state index contributed by atoms with van der Waals surface area (Å²) in [6.45, 7) is 1.87. The molecule has 1 amide bonds. The van der Waals surface area contributed by atoms with Gasteiger partial charge in [-0.05, 0) is 43.5 Å². The van der Waals surface area contributed by atoms with E-state index in [1.165, 1.54) is 0 Å². The van der Waals surface area contributed by atoms with Crippen LogP contribution in [0.3, 0.4) is 0 Å². The molecular formula is C12H16N2O2. The first-order valence-electron chi connectivity index (χ1n) is 5.36. The van der Waals surface area contributed by atoms with E-state index in [-0.39, 0.29) is 18.1 Å². The Hall–Kier alpha value is -1.55. The van der Waals surface area contributed by atoms with Crippen molar-refractivity contribution in [3.05, 3.63) is 29.3 Å². The molecule has 1 saturated carbocycles. The molecule has 1 aromatic rings. The Morgan fingerprint density at radius 2 is 2.25 bits per heavy atom. The lowest BCUT2D eigenvalue weighted by Crippen LogP contribution is -2.39. The van der Waals surface area contributed by atoms with Gasteiger partial charge in [-0.1, -0.05) is 0 Å². The number of nitrogens with one attached hydrogen (secondary N) is 1. The summed E-state index contributed by atoms with van der Waals surface area (Å²) in [5.41, 5.74) is 7.47. The van der Waals surface area contributed by atoms with Gasteiger partial charge in [0.15, 0.2) is 0 Å². The summed E-state index contributed by atoms with van der Waals surface area (Å²) in [5, 5.41) is 12.0. The molecule has 4 nitrogen and oxygen atoms in total. The summed E-state index contributed by atoms with van der Waals surface area (Å²) < 4.78 is 0. The van der Waals surface area contributed by atoms with Gasteiger partial charge in [0.05, 0.1) is 12.1 Å². The zero-order valence-corrected chi connectivity index (χ0v) is 9.29. The van der Waals surface area contributed by atoms with Gasteiger partial charge in [0.2, 0.25) is 0 Å². The van der Waals surface area contributed by atoms with Crippen molar-refractivity contribution in [3.63, 3.8) is 0 Å². The summed E-state index contributed by atoms with van der Waals surface area (Å²) in [5.74, 6) is -0.144. The SMILES string of the molecule is Cc1cc(C(=O)NC2(CO)CC2)ccc1N. The number of carbonyl (C=O) groups excluding carboxylic acids is 1. The number of anilines is 1. The molecule has 0 aliphatic heterocycles. The lowest BCUT2D eigenvalue weighted by molar-refractivity contribution is 0.0907. The standard InChI is InChI=1S/C12H16N2O2/c1-8-6-9(2-3-10(8)13)11(16)14-12(7-15)4-5-12/h2-3,6,15H,4-5,7,13H2,1H3,(H,14,16). The number of hydrogen-bond acceptors (Lipinski definition) is 3. The number of rotatable bonds is 3. The van der Waals surface area contributed by atoms with Crippen LogP contribution in [0, 0.1) is 6.92 Å². The van der Waals surface area contributed by atoms with Crippen molar-refractivity contribution in [2.45, 2.75) is 25.3 Å².